The number of hydrogen-bond acceptors (Lipinski definition) is 4. The lowest BCUT2D eigenvalue weighted by Gasteiger charge is -2.25. The van der Waals surface area contributed by atoms with Crippen molar-refractivity contribution in [2.24, 2.45) is 0 Å². The normalized spacial score (nSPS) is 14.9. The zero-order chi connectivity index (χ0) is 15.5. The van der Waals surface area contributed by atoms with Gasteiger partial charge in [-0.25, -0.2) is 4.98 Å². The van der Waals surface area contributed by atoms with E-state index < -0.39 is 0 Å². The predicted octanol–water partition coefficient (Wildman–Crippen LogP) is 4.13. The smallest absolute Gasteiger partial charge is 0.273 e. The van der Waals surface area contributed by atoms with Crippen molar-refractivity contribution < 1.29 is 4.79 Å². The molecule has 1 aromatic heterocycles. The number of rotatable bonds is 3. The van der Waals surface area contributed by atoms with Gasteiger partial charge >= 0.3 is 0 Å². The first-order valence-electron chi connectivity index (χ1n) is 7.72. The Bertz CT molecular complexity index is 674. The molecule has 1 amide bonds. The second-order valence-corrected chi connectivity index (χ2v) is 6.67. The fourth-order valence-corrected chi connectivity index (χ4v) is 3.34. The van der Waals surface area contributed by atoms with E-state index in [2.05, 4.69) is 36.3 Å². The first-order valence-corrected chi connectivity index (χ1v) is 8.60. The Morgan fingerprint density at radius 3 is 2.68 bits per heavy atom. The summed E-state index contributed by atoms with van der Waals surface area (Å²) < 4.78 is 0. The number of thiazole rings is 1. The van der Waals surface area contributed by atoms with Crippen molar-refractivity contribution in [2.75, 3.05) is 18.4 Å². The van der Waals surface area contributed by atoms with Gasteiger partial charge in [-0.05, 0) is 56.4 Å². The van der Waals surface area contributed by atoms with Gasteiger partial charge in [0.1, 0.15) is 5.69 Å². The van der Waals surface area contributed by atoms with Gasteiger partial charge in [0.2, 0.25) is 0 Å². The van der Waals surface area contributed by atoms with E-state index in [1.54, 1.807) is 0 Å². The number of benzene rings is 1. The summed E-state index contributed by atoms with van der Waals surface area (Å²) in [5, 5.41) is 5.90. The lowest BCUT2D eigenvalue weighted by atomic mass is 10.1. The van der Waals surface area contributed by atoms with E-state index in [4.69, 9.17) is 0 Å². The van der Waals surface area contributed by atoms with E-state index in [0.29, 0.717) is 5.69 Å². The second-order valence-electron chi connectivity index (χ2n) is 5.81. The fourth-order valence-electron chi connectivity index (χ4n) is 2.63. The number of nitrogens with zero attached hydrogens (tertiary/aromatic N) is 2. The zero-order valence-corrected chi connectivity index (χ0v) is 13.9. The highest BCUT2D eigenvalue weighted by atomic mass is 32.1. The maximum Gasteiger partial charge on any atom is 0.273 e. The van der Waals surface area contributed by atoms with Gasteiger partial charge in [-0.3, -0.25) is 4.79 Å². The zero-order valence-electron chi connectivity index (χ0n) is 13.1. The number of piperidine rings is 1. The highest BCUT2D eigenvalue weighted by molar-refractivity contribution is 7.14. The average molecular weight is 315 g/mol. The Labute approximate surface area is 135 Å². The van der Waals surface area contributed by atoms with Gasteiger partial charge in [0, 0.05) is 24.2 Å². The molecule has 4 nitrogen and oxygen atoms in total. The standard InChI is InChI=1S/C17H21N3OS/c1-12-6-7-14(10-13(12)2)18-17-19-15(11-22-17)16(21)20-8-4-3-5-9-20/h6-7,10-11H,3-5,8-9H2,1-2H3,(H,18,19). The Kier molecular flexibility index (Phi) is 4.43. The molecule has 1 aliphatic heterocycles. The molecule has 1 aromatic carbocycles. The van der Waals surface area contributed by atoms with Gasteiger partial charge < -0.3 is 10.2 Å². The van der Waals surface area contributed by atoms with E-state index in [1.165, 1.54) is 28.9 Å². The summed E-state index contributed by atoms with van der Waals surface area (Å²) in [7, 11) is 0. The van der Waals surface area contributed by atoms with Crippen molar-refractivity contribution in [3.63, 3.8) is 0 Å². The van der Waals surface area contributed by atoms with E-state index in [1.807, 2.05) is 16.3 Å². The van der Waals surface area contributed by atoms with Crippen LogP contribution in [0.2, 0.25) is 0 Å². The van der Waals surface area contributed by atoms with Crippen LogP contribution in [0.4, 0.5) is 10.8 Å². The lowest BCUT2D eigenvalue weighted by molar-refractivity contribution is 0.0719. The van der Waals surface area contributed by atoms with Crippen molar-refractivity contribution >= 4 is 28.1 Å². The fraction of sp³-hybridized carbons (Fsp3) is 0.412. The lowest BCUT2D eigenvalue weighted by Crippen LogP contribution is -2.35. The highest BCUT2D eigenvalue weighted by Gasteiger charge is 2.20. The Hall–Kier alpha value is -1.88. The van der Waals surface area contributed by atoms with Gasteiger partial charge in [-0.2, -0.15) is 0 Å². The van der Waals surface area contributed by atoms with Crippen molar-refractivity contribution in [1.82, 2.24) is 9.88 Å². The molecule has 0 bridgehead atoms. The first-order chi connectivity index (χ1) is 10.6. The molecule has 0 aliphatic carbocycles. The molecule has 1 fully saturated rings. The molecule has 0 unspecified atom stereocenters. The minimum Gasteiger partial charge on any atom is -0.337 e. The van der Waals surface area contributed by atoms with Gasteiger partial charge in [0.15, 0.2) is 5.13 Å². The van der Waals surface area contributed by atoms with Crippen molar-refractivity contribution in [3.8, 4) is 0 Å². The van der Waals surface area contributed by atoms with Gasteiger partial charge in [-0.15, -0.1) is 11.3 Å². The third-order valence-electron chi connectivity index (χ3n) is 4.12. The molecule has 5 heteroatoms. The molecule has 2 heterocycles. The van der Waals surface area contributed by atoms with Crippen LogP contribution >= 0.6 is 11.3 Å². The summed E-state index contributed by atoms with van der Waals surface area (Å²) in [6.45, 7) is 5.90. The molecule has 22 heavy (non-hydrogen) atoms. The summed E-state index contributed by atoms with van der Waals surface area (Å²) >= 11 is 1.48. The minimum atomic E-state index is 0.0593. The van der Waals surface area contributed by atoms with Gasteiger partial charge in [-0.1, -0.05) is 6.07 Å². The summed E-state index contributed by atoms with van der Waals surface area (Å²) in [6, 6.07) is 6.23. The number of aryl methyl sites for hydroxylation is 2. The third-order valence-corrected chi connectivity index (χ3v) is 4.88. The number of amides is 1. The van der Waals surface area contributed by atoms with E-state index >= 15 is 0 Å². The quantitative estimate of drug-likeness (QED) is 0.926. The number of likely N-dealkylation sites (tertiary alicyclic amines) is 1. The van der Waals surface area contributed by atoms with Crippen LogP contribution in [-0.2, 0) is 0 Å². The molecule has 1 saturated heterocycles. The van der Waals surface area contributed by atoms with Crippen LogP contribution in [0, 0.1) is 13.8 Å². The minimum absolute atomic E-state index is 0.0593. The molecule has 1 N–H and O–H groups in total. The number of carbonyl (C=O) groups excluding carboxylic acids is 1. The van der Waals surface area contributed by atoms with E-state index in [9.17, 15) is 4.79 Å². The van der Waals surface area contributed by atoms with Crippen LogP contribution in [-0.4, -0.2) is 28.9 Å². The molecule has 2 aromatic rings. The van der Waals surface area contributed by atoms with Crippen LogP contribution in [0.1, 0.15) is 40.9 Å². The molecule has 1 aliphatic rings. The Balaban J connectivity index is 1.70. The summed E-state index contributed by atoms with van der Waals surface area (Å²) in [5.41, 5.74) is 4.07. The molecule has 0 radical (unpaired) electrons. The number of anilines is 2. The highest BCUT2D eigenvalue weighted by Crippen LogP contribution is 2.24. The first kappa shape index (κ1) is 15.0. The summed E-state index contributed by atoms with van der Waals surface area (Å²) in [5.74, 6) is 0.0593. The molecular formula is C17H21N3OS. The molecular weight excluding hydrogens is 294 g/mol. The number of aromatic nitrogens is 1. The molecule has 116 valence electrons. The molecule has 0 atom stereocenters. The van der Waals surface area contributed by atoms with Crippen molar-refractivity contribution in [1.29, 1.82) is 0 Å². The predicted molar refractivity (Wildman–Crippen MR) is 91.1 cm³/mol. The molecule has 0 spiro atoms. The van der Waals surface area contributed by atoms with Crippen LogP contribution in [0.25, 0.3) is 0 Å². The number of carbonyl (C=O) groups is 1. The SMILES string of the molecule is Cc1ccc(Nc2nc(C(=O)N3CCCCC3)cs2)cc1C. The van der Waals surface area contributed by atoms with E-state index in [0.717, 1.165) is 36.8 Å². The topological polar surface area (TPSA) is 45.2 Å². The number of hydrogen-bond donors (Lipinski definition) is 1. The maximum absolute atomic E-state index is 12.4. The Morgan fingerprint density at radius 1 is 1.18 bits per heavy atom. The van der Waals surface area contributed by atoms with Crippen LogP contribution < -0.4 is 5.32 Å². The molecule has 3 rings (SSSR count). The number of nitrogens with one attached hydrogen (secondary N) is 1. The van der Waals surface area contributed by atoms with Crippen molar-refractivity contribution in [2.45, 2.75) is 33.1 Å². The van der Waals surface area contributed by atoms with Gasteiger partial charge in [0.25, 0.3) is 5.91 Å². The molecule has 0 saturated carbocycles. The second kappa shape index (κ2) is 6.48. The van der Waals surface area contributed by atoms with Crippen molar-refractivity contribution in [3.05, 3.63) is 40.4 Å². The average Bonchev–Trinajstić information content (AvgIpc) is 2.99. The summed E-state index contributed by atoms with van der Waals surface area (Å²) in [4.78, 5) is 18.8. The van der Waals surface area contributed by atoms with Crippen LogP contribution in [0.3, 0.4) is 0 Å². The maximum atomic E-state index is 12.4. The monoisotopic (exact) mass is 315 g/mol. The van der Waals surface area contributed by atoms with E-state index in [-0.39, 0.29) is 5.91 Å². The largest absolute Gasteiger partial charge is 0.337 e. The van der Waals surface area contributed by atoms with Crippen LogP contribution in [0.5, 0.6) is 0 Å². The summed E-state index contributed by atoms with van der Waals surface area (Å²) in [6.07, 6.45) is 3.42. The third kappa shape index (κ3) is 3.30. The van der Waals surface area contributed by atoms with Gasteiger partial charge in [0.05, 0.1) is 0 Å². The van der Waals surface area contributed by atoms with Crippen LogP contribution in [0.15, 0.2) is 23.6 Å². The Morgan fingerprint density at radius 2 is 1.95 bits per heavy atom.